The first-order chi connectivity index (χ1) is 8.66. The van der Waals surface area contributed by atoms with Crippen LogP contribution in [0, 0.1) is 5.82 Å². The summed E-state index contributed by atoms with van der Waals surface area (Å²) in [5.41, 5.74) is 0.153. The minimum absolute atomic E-state index is 0.00272. The number of aromatic nitrogens is 2. The van der Waals surface area contributed by atoms with Crippen LogP contribution in [0.25, 0.3) is 0 Å². The van der Waals surface area contributed by atoms with Crippen LogP contribution in [0.1, 0.15) is 5.82 Å². The fourth-order valence-electron chi connectivity index (χ4n) is 1.34. The second-order valence-corrected chi connectivity index (χ2v) is 3.52. The molecule has 5 nitrogen and oxygen atoms in total. The Morgan fingerprint density at radius 2 is 1.94 bits per heavy atom. The van der Waals surface area contributed by atoms with E-state index in [2.05, 4.69) is 9.97 Å². The lowest BCUT2D eigenvalue weighted by Gasteiger charge is -2.08. The molecule has 0 aliphatic heterocycles. The van der Waals surface area contributed by atoms with Crippen LogP contribution in [0.15, 0.2) is 36.7 Å². The first-order valence-electron chi connectivity index (χ1n) is 5.21. The van der Waals surface area contributed by atoms with Crippen LogP contribution in [0.3, 0.4) is 0 Å². The summed E-state index contributed by atoms with van der Waals surface area (Å²) in [6, 6.07) is 5.26. The van der Waals surface area contributed by atoms with Crippen molar-refractivity contribution in [3.63, 3.8) is 0 Å². The summed E-state index contributed by atoms with van der Waals surface area (Å²) in [6.45, 7) is 0.00272. The Hall–Kier alpha value is -1.99. The molecule has 2 N–H and O–H groups in total. The molecule has 0 aliphatic carbocycles. The molecule has 0 amide bonds. The van der Waals surface area contributed by atoms with Crippen molar-refractivity contribution in [3.8, 4) is 5.75 Å². The molecule has 2 aromatic rings. The maximum absolute atomic E-state index is 13.4. The Kier molecular flexibility index (Phi) is 3.86. The summed E-state index contributed by atoms with van der Waals surface area (Å²) in [6.07, 6.45) is 3.10. The van der Waals surface area contributed by atoms with Crippen LogP contribution >= 0.6 is 0 Å². The molecule has 0 spiro atoms. The van der Waals surface area contributed by atoms with Crippen molar-refractivity contribution in [2.45, 2.75) is 6.61 Å². The Labute approximate surface area is 103 Å². The third-order valence-corrected chi connectivity index (χ3v) is 2.23. The topological polar surface area (TPSA) is 75.5 Å². The van der Waals surface area contributed by atoms with Gasteiger partial charge in [-0.1, -0.05) is 6.07 Å². The lowest BCUT2D eigenvalue weighted by atomic mass is 9.80. The highest BCUT2D eigenvalue weighted by atomic mass is 19.1. The molecular formula is C11H10BFN2O3. The smallest absolute Gasteiger partial charge is 0.483 e. The van der Waals surface area contributed by atoms with Gasteiger partial charge in [0.15, 0.2) is 17.4 Å². The highest BCUT2D eigenvalue weighted by molar-refractivity contribution is 6.58. The first kappa shape index (κ1) is 12.5. The number of hydrogen-bond donors (Lipinski definition) is 2. The number of rotatable bonds is 4. The quantitative estimate of drug-likeness (QED) is 0.737. The van der Waals surface area contributed by atoms with E-state index in [0.29, 0.717) is 5.82 Å². The Morgan fingerprint density at radius 3 is 2.61 bits per heavy atom. The normalized spacial score (nSPS) is 10.2. The second kappa shape index (κ2) is 5.57. The summed E-state index contributed by atoms with van der Waals surface area (Å²) >= 11 is 0. The highest BCUT2D eigenvalue weighted by Gasteiger charge is 2.14. The summed E-state index contributed by atoms with van der Waals surface area (Å²) in [5, 5.41) is 18.0. The van der Waals surface area contributed by atoms with Crippen LogP contribution in [0.2, 0.25) is 0 Å². The molecule has 1 heterocycles. The van der Waals surface area contributed by atoms with Gasteiger partial charge in [0.2, 0.25) is 0 Å². The van der Waals surface area contributed by atoms with E-state index in [1.807, 2.05) is 0 Å². The number of hydrogen-bond acceptors (Lipinski definition) is 5. The zero-order valence-corrected chi connectivity index (χ0v) is 9.32. The Morgan fingerprint density at radius 1 is 1.22 bits per heavy atom. The minimum atomic E-state index is -1.67. The van der Waals surface area contributed by atoms with E-state index in [1.54, 1.807) is 18.5 Å². The van der Waals surface area contributed by atoms with Gasteiger partial charge >= 0.3 is 7.12 Å². The molecule has 0 radical (unpaired) electrons. The number of nitrogens with zero attached hydrogens (tertiary/aromatic N) is 2. The highest BCUT2D eigenvalue weighted by Crippen LogP contribution is 2.15. The van der Waals surface area contributed by atoms with Crippen LogP contribution in [-0.2, 0) is 6.61 Å². The van der Waals surface area contributed by atoms with E-state index in [1.165, 1.54) is 12.1 Å². The molecule has 0 unspecified atom stereocenters. The van der Waals surface area contributed by atoms with Crippen molar-refractivity contribution < 1.29 is 19.2 Å². The largest absolute Gasteiger partial charge is 0.488 e. The van der Waals surface area contributed by atoms with Gasteiger partial charge in [-0.25, -0.2) is 14.4 Å². The standard InChI is InChI=1S/C11H10BFN2O3/c13-9-3-2-8(12(16)17)6-10(9)18-7-11-14-4-1-5-15-11/h1-6,16-17H,7H2. The van der Waals surface area contributed by atoms with Crippen molar-refractivity contribution in [2.75, 3.05) is 0 Å². The zero-order valence-electron chi connectivity index (χ0n) is 9.32. The molecule has 1 aromatic heterocycles. The number of benzene rings is 1. The Bertz CT molecular complexity index is 525. The molecule has 0 saturated heterocycles. The average molecular weight is 248 g/mol. The van der Waals surface area contributed by atoms with Crippen molar-refractivity contribution in [3.05, 3.63) is 48.3 Å². The molecule has 0 aliphatic rings. The van der Waals surface area contributed by atoms with E-state index < -0.39 is 12.9 Å². The van der Waals surface area contributed by atoms with Gasteiger partial charge in [0.1, 0.15) is 6.61 Å². The van der Waals surface area contributed by atoms with Crippen LogP contribution in [0.5, 0.6) is 5.75 Å². The number of ether oxygens (including phenoxy) is 1. The van der Waals surface area contributed by atoms with Gasteiger partial charge in [-0.2, -0.15) is 0 Å². The Balaban J connectivity index is 2.11. The molecule has 0 bridgehead atoms. The fourth-order valence-corrected chi connectivity index (χ4v) is 1.34. The zero-order chi connectivity index (χ0) is 13.0. The predicted molar refractivity (Wildman–Crippen MR) is 62.6 cm³/mol. The van der Waals surface area contributed by atoms with E-state index in [4.69, 9.17) is 14.8 Å². The molecule has 0 fully saturated rings. The SMILES string of the molecule is OB(O)c1ccc(F)c(OCc2ncccn2)c1. The maximum atomic E-state index is 13.4. The van der Waals surface area contributed by atoms with Gasteiger partial charge in [0, 0.05) is 12.4 Å². The number of halogens is 1. The van der Waals surface area contributed by atoms with Gasteiger partial charge in [0.25, 0.3) is 0 Å². The molecule has 0 saturated carbocycles. The van der Waals surface area contributed by atoms with Crippen LogP contribution in [-0.4, -0.2) is 27.1 Å². The van der Waals surface area contributed by atoms with Gasteiger partial charge in [-0.15, -0.1) is 0 Å². The summed E-state index contributed by atoms with van der Waals surface area (Å²) in [4.78, 5) is 7.85. The molecule has 0 atom stereocenters. The van der Waals surface area contributed by atoms with Crippen LogP contribution in [0.4, 0.5) is 4.39 Å². The van der Waals surface area contributed by atoms with E-state index >= 15 is 0 Å². The van der Waals surface area contributed by atoms with E-state index in [9.17, 15) is 4.39 Å². The van der Waals surface area contributed by atoms with Gasteiger partial charge in [0.05, 0.1) is 0 Å². The van der Waals surface area contributed by atoms with E-state index in [-0.39, 0.29) is 17.8 Å². The summed E-state index contributed by atoms with van der Waals surface area (Å²) < 4.78 is 18.6. The monoisotopic (exact) mass is 248 g/mol. The predicted octanol–water partition coefficient (Wildman–Crippen LogP) is -0.126. The average Bonchev–Trinajstić information content (AvgIpc) is 2.38. The molecule has 7 heteroatoms. The van der Waals surface area contributed by atoms with Gasteiger partial charge in [-0.3, -0.25) is 0 Å². The molecule has 2 rings (SSSR count). The maximum Gasteiger partial charge on any atom is 0.488 e. The molecule has 92 valence electrons. The second-order valence-electron chi connectivity index (χ2n) is 3.52. The molecular weight excluding hydrogens is 238 g/mol. The summed E-state index contributed by atoms with van der Waals surface area (Å²) in [7, 11) is -1.67. The lowest BCUT2D eigenvalue weighted by Crippen LogP contribution is -2.29. The molecule has 1 aromatic carbocycles. The van der Waals surface area contributed by atoms with Crippen molar-refractivity contribution >= 4 is 12.6 Å². The minimum Gasteiger partial charge on any atom is -0.483 e. The first-order valence-corrected chi connectivity index (χ1v) is 5.21. The van der Waals surface area contributed by atoms with Crippen LogP contribution < -0.4 is 10.2 Å². The third-order valence-electron chi connectivity index (χ3n) is 2.23. The third kappa shape index (κ3) is 3.02. The van der Waals surface area contributed by atoms with Gasteiger partial charge in [-0.05, 0) is 23.7 Å². The van der Waals surface area contributed by atoms with Gasteiger partial charge < -0.3 is 14.8 Å². The van der Waals surface area contributed by atoms with E-state index in [0.717, 1.165) is 6.07 Å². The van der Waals surface area contributed by atoms with Crippen molar-refractivity contribution in [2.24, 2.45) is 0 Å². The van der Waals surface area contributed by atoms with Crippen molar-refractivity contribution in [1.82, 2.24) is 9.97 Å². The van der Waals surface area contributed by atoms with Crippen molar-refractivity contribution in [1.29, 1.82) is 0 Å². The molecule has 18 heavy (non-hydrogen) atoms. The lowest BCUT2D eigenvalue weighted by molar-refractivity contribution is 0.281. The fraction of sp³-hybridized carbons (Fsp3) is 0.0909. The summed E-state index contributed by atoms with van der Waals surface area (Å²) in [5.74, 6) is -0.254.